The maximum absolute atomic E-state index is 12.6. The Morgan fingerprint density at radius 1 is 1.11 bits per heavy atom. The zero-order chi connectivity index (χ0) is 24.7. The lowest BCUT2D eigenvalue weighted by Gasteiger charge is -2.35. The van der Waals surface area contributed by atoms with Gasteiger partial charge in [0.1, 0.15) is 0 Å². The van der Waals surface area contributed by atoms with Gasteiger partial charge in [-0.2, -0.15) is 0 Å². The number of aromatic nitrogens is 4. The van der Waals surface area contributed by atoms with E-state index in [0.717, 1.165) is 50.0 Å². The fourth-order valence-electron chi connectivity index (χ4n) is 4.88. The number of amides is 1. The summed E-state index contributed by atoms with van der Waals surface area (Å²) in [6.45, 7) is 2.12. The van der Waals surface area contributed by atoms with Crippen molar-refractivity contribution in [2.75, 3.05) is 6.54 Å². The number of imidazole rings is 1. The second-order valence-electron chi connectivity index (χ2n) is 9.11. The topological polar surface area (TPSA) is 86.8 Å². The number of fused-ring (bicyclic) bond motifs is 1. The molecule has 0 radical (unpaired) electrons. The molecule has 184 valence electrons. The molecule has 8 heteroatoms. The summed E-state index contributed by atoms with van der Waals surface area (Å²) in [7, 11) is 0. The average Bonchev–Trinajstić information content (AvgIpc) is 3.44. The monoisotopic (exact) mass is 500 g/mol. The van der Waals surface area contributed by atoms with Gasteiger partial charge < -0.3 is 10.3 Å². The maximum atomic E-state index is 12.6. The number of carbonyl (C=O) groups is 1. The number of pyridine rings is 2. The van der Waals surface area contributed by atoms with Crippen molar-refractivity contribution in [1.82, 2.24) is 30.2 Å². The van der Waals surface area contributed by atoms with E-state index in [2.05, 4.69) is 49.4 Å². The Kier molecular flexibility index (Phi) is 7.69. The summed E-state index contributed by atoms with van der Waals surface area (Å²) in [5, 5.41) is 3.32. The molecule has 2 N–H and O–H groups in total. The number of aryl methyl sites for hydroxylation is 1. The highest BCUT2D eigenvalue weighted by molar-refractivity contribution is 6.33. The van der Waals surface area contributed by atoms with Crippen LogP contribution in [0.4, 0.5) is 0 Å². The molecule has 36 heavy (non-hydrogen) atoms. The number of carbonyl (C=O) groups excluding carboxylic acids is 1. The molecule has 5 rings (SSSR count). The number of halogens is 1. The minimum Gasteiger partial charge on any atom is -0.348 e. The number of hydrogen-bond acceptors (Lipinski definition) is 5. The standard InChI is InChI=1S/C28H29ClN6O/c29-25-17-30-12-9-24(25)28(36)33-15-20-4-1-5-21(14-20)18-35(13-10-23-16-31-19-34-23)26-8-2-6-22-7-3-11-32-27(22)26/h1,3-5,7,9,11-12,14,16-17,19,26H,2,6,8,10,13,15,18H2,(H,31,34)(H,33,36). The van der Waals surface area contributed by atoms with Crippen molar-refractivity contribution < 1.29 is 4.79 Å². The Balaban J connectivity index is 1.31. The third kappa shape index (κ3) is 5.80. The lowest BCUT2D eigenvalue weighted by molar-refractivity contribution is 0.0951. The summed E-state index contributed by atoms with van der Waals surface area (Å²) in [5.41, 5.74) is 6.36. The second kappa shape index (κ2) is 11.5. The van der Waals surface area contributed by atoms with Crippen LogP contribution in [0.25, 0.3) is 0 Å². The second-order valence-corrected chi connectivity index (χ2v) is 9.52. The number of H-pyrrole nitrogens is 1. The number of rotatable bonds is 9. The first-order valence-corrected chi connectivity index (χ1v) is 12.7. The highest BCUT2D eigenvalue weighted by Gasteiger charge is 2.27. The van der Waals surface area contributed by atoms with Gasteiger partial charge >= 0.3 is 0 Å². The number of nitrogens with zero attached hydrogens (tertiary/aromatic N) is 4. The van der Waals surface area contributed by atoms with Gasteiger partial charge in [0.2, 0.25) is 0 Å². The molecular weight excluding hydrogens is 472 g/mol. The number of nitrogens with one attached hydrogen (secondary N) is 2. The Morgan fingerprint density at radius 3 is 2.89 bits per heavy atom. The normalized spacial score (nSPS) is 15.0. The molecule has 3 heterocycles. The molecule has 0 bridgehead atoms. The van der Waals surface area contributed by atoms with Crippen LogP contribution in [0.15, 0.2) is 73.6 Å². The molecule has 1 aliphatic rings. The molecular formula is C28H29ClN6O. The molecule has 1 aliphatic carbocycles. The summed E-state index contributed by atoms with van der Waals surface area (Å²) in [6.07, 6.45) is 12.8. The van der Waals surface area contributed by atoms with Gasteiger partial charge in [-0.15, -0.1) is 0 Å². The van der Waals surface area contributed by atoms with Crippen molar-refractivity contribution in [2.45, 2.75) is 44.8 Å². The van der Waals surface area contributed by atoms with E-state index in [-0.39, 0.29) is 11.9 Å². The van der Waals surface area contributed by atoms with Gasteiger partial charge in [0, 0.05) is 56.5 Å². The van der Waals surface area contributed by atoms with Gasteiger partial charge in [0.15, 0.2) is 0 Å². The van der Waals surface area contributed by atoms with Crippen LogP contribution in [0.3, 0.4) is 0 Å². The van der Waals surface area contributed by atoms with Crippen molar-refractivity contribution in [2.24, 2.45) is 0 Å². The van der Waals surface area contributed by atoms with Crippen LogP contribution in [0.2, 0.25) is 5.02 Å². The molecule has 4 aromatic rings. The summed E-state index contributed by atoms with van der Waals surface area (Å²) < 4.78 is 0. The van der Waals surface area contributed by atoms with Crippen molar-refractivity contribution in [3.63, 3.8) is 0 Å². The molecule has 1 unspecified atom stereocenters. The van der Waals surface area contributed by atoms with E-state index in [4.69, 9.17) is 16.6 Å². The van der Waals surface area contributed by atoms with Crippen LogP contribution in [0, 0.1) is 0 Å². The maximum Gasteiger partial charge on any atom is 0.253 e. The van der Waals surface area contributed by atoms with Gasteiger partial charge in [-0.3, -0.25) is 19.7 Å². The van der Waals surface area contributed by atoms with Crippen LogP contribution in [0.5, 0.6) is 0 Å². The molecule has 0 saturated carbocycles. The first-order valence-electron chi connectivity index (χ1n) is 12.3. The summed E-state index contributed by atoms with van der Waals surface area (Å²) in [6, 6.07) is 14.5. The molecule has 0 spiro atoms. The fourth-order valence-corrected chi connectivity index (χ4v) is 5.09. The van der Waals surface area contributed by atoms with Gasteiger partial charge in [-0.05, 0) is 48.1 Å². The van der Waals surface area contributed by atoms with Gasteiger partial charge in [-0.1, -0.05) is 41.9 Å². The van der Waals surface area contributed by atoms with Crippen molar-refractivity contribution in [3.05, 3.63) is 112 Å². The third-order valence-corrected chi connectivity index (χ3v) is 6.98. The summed E-state index contributed by atoms with van der Waals surface area (Å²) in [5.74, 6) is -0.209. The Hall–Kier alpha value is -3.55. The minimum absolute atomic E-state index is 0.209. The first kappa shape index (κ1) is 24.2. The van der Waals surface area contributed by atoms with Gasteiger partial charge in [0.25, 0.3) is 5.91 Å². The fraction of sp³-hybridized carbons (Fsp3) is 0.286. The van der Waals surface area contributed by atoms with Crippen LogP contribution < -0.4 is 5.32 Å². The largest absolute Gasteiger partial charge is 0.348 e. The summed E-state index contributed by atoms with van der Waals surface area (Å²) >= 11 is 6.12. The Morgan fingerprint density at radius 2 is 2.03 bits per heavy atom. The van der Waals surface area contributed by atoms with E-state index < -0.39 is 0 Å². The van der Waals surface area contributed by atoms with Crippen LogP contribution in [-0.2, 0) is 25.9 Å². The highest BCUT2D eigenvalue weighted by Crippen LogP contribution is 2.34. The van der Waals surface area contributed by atoms with Crippen molar-refractivity contribution >= 4 is 17.5 Å². The van der Waals surface area contributed by atoms with Crippen molar-refractivity contribution in [3.8, 4) is 0 Å². The zero-order valence-electron chi connectivity index (χ0n) is 20.0. The van der Waals surface area contributed by atoms with Crippen LogP contribution in [0.1, 0.15) is 57.3 Å². The molecule has 3 aromatic heterocycles. The van der Waals surface area contributed by atoms with E-state index in [1.807, 2.05) is 24.5 Å². The molecule has 0 fully saturated rings. The number of hydrogen-bond donors (Lipinski definition) is 2. The quantitative estimate of drug-likeness (QED) is 0.341. The Labute approximate surface area is 216 Å². The van der Waals surface area contributed by atoms with Gasteiger partial charge in [0.05, 0.1) is 28.6 Å². The predicted octanol–water partition coefficient (Wildman–Crippen LogP) is 4.91. The van der Waals surface area contributed by atoms with E-state index in [9.17, 15) is 4.79 Å². The predicted molar refractivity (Wildman–Crippen MR) is 139 cm³/mol. The SMILES string of the molecule is O=C(NCc1cccc(CN(CCc2cnc[nH]2)C2CCCc3cccnc32)c1)c1ccncc1Cl. The number of aromatic amines is 1. The highest BCUT2D eigenvalue weighted by atomic mass is 35.5. The lowest BCUT2D eigenvalue weighted by atomic mass is 9.90. The molecule has 7 nitrogen and oxygen atoms in total. The van der Waals surface area contributed by atoms with Crippen LogP contribution >= 0.6 is 11.6 Å². The minimum atomic E-state index is -0.209. The average molecular weight is 501 g/mol. The molecule has 1 atom stereocenters. The van der Waals surface area contributed by atoms with E-state index in [1.54, 1.807) is 18.6 Å². The lowest BCUT2D eigenvalue weighted by Crippen LogP contribution is -2.33. The van der Waals surface area contributed by atoms with E-state index in [1.165, 1.54) is 23.0 Å². The molecule has 0 saturated heterocycles. The van der Waals surface area contributed by atoms with Crippen molar-refractivity contribution in [1.29, 1.82) is 0 Å². The van der Waals surface area contributed by atoms with E-state index in [0.29, 0.717) is 17.1 Å². The van der Waals surface area contributed by atoms with Crippen LogP contribution in [-0.4, -0.2) is 37.3 Å². The zero-order valence-corrected chi connectivity index (χ0v) is 20.8. The first-order chi connectivity index (χ1) is 17.7. The molecule has 1 aromatic carbocycles. The van der Waals surface area contributed by atoms with Gasteiger partial charge in [-0.25, -0.2) is 4.98 Å². The molecule has 0 aliphatic heterocycles. The Bertz CT molecular complexity index is 1310. The number of benzene rings is 1. The molecule has 1 amide bonds. The smallest absolute Gasteiger partial charge is 0.253 e. The summed E-state index contributed by atoms with van der Waals surface area (Å²) in [4.78, 5) is 31.2. The third-order valence-electron chi connectivity index (χ3n) is 6.68. The van der Waals surface area contributed by atoms with E-state index >= 15 is 0 Å².